The fourth-order valence-electron chi connectivity index (χ4n) is 2.07. The van der Waals surface area contributed by atoms with Gasteiger partial charge < -0.3 is 10.3 Å². The largest absolute Gasteiger partial charge is 0.326 e. The first-order valence-corrected chi connectivity index (χ1v) is 6.86. The number of benzene rings is 1. The van der Waals surface area contributed by atoms with Crippen molar-refractivity contribution >= 4 is 44.3 Å². The van der Waals surface area contributed by atoms with Crippen molar-refractivity contribution in [2.45, 2.75) is 6.42 Å². The lowest BCUT2D eigenvalue weighted by molar-refractivity contribution is 0.777. The summed E-state index contributed by atoms with van der Waals surface area (Å²) in [5, 5.41) is 3.85. The van der Waals surface area contributed by atoms with Crippen molar-refractivity contribution in [2.75, 3.05) is 13.6 Å². The van der Waals surface area contributed by atoms with Gasteiger partial charge in [0, 0.05) is 18.0 Å². The first-order valence-electron chi connectivity index (χ1n) is 5.69. The normalized spacial score (nSPS) is 11.7. The molecule has 0 saturated carbocycles. The first-order chi connectivity index (χ1) is 8.70. The number of hydrogen-bond acceptors (Lipinski definition) is 2. The molecule has 6 heteroatoms. The lowest BCUT2D eigenvalue weighted by atomic mass is 10.3. The number of imidazole rings is 2. The molecule has 18 heavy (non-hydrogen) atoms. The Morgan fingerprint density at radius 2 is 2.33 bits per heavy atom. The third-order valence-corrected chi connectivity index (χ3v) is 4.02. The van der Waals surface area contributed by atoms with Crippen LogP contribution in [0.1, 0.15) is 5.69 Å². The molecule has 0 bridgehead atoms. The van der Waals surface area contributed by atoms with Gasteiger partial charge in [0.15, 0.2) is 0 Å². The van der Waals surface area contributed by atoms with E-state index in [4.69, 9.17) is 11.6 Å². The summed E-state index contributed by atoms with van der Waals surface area (Å²) < 4.78 is 3.06. The van der Waals surface area contributed by atoms with E-state index in [2.05, 4.69) is 31.2 Å². The molecule has 4 nitrogen and oxygen atoms in total. The van der Waals surface area contributed by atoms with Crippen LogP contribution in [0.2, 0.25) is 5.02 Å². The summed E-state index contributed by atoms with van der Waals surface area (Å²) in [4.78, 5) is 7.87. The fraction of sp³-hybridized carbons (Fsp3) is 0.250. The lowest BCUT2D eigenvalue weighted by Crippen LogP contribution is -2.10. The van der Waals surface area contributed by atoms with E-state index in [0.29, 0.717) is 5.02 Å². The van der Waals surface area contributed by atoms with E-state index in [1.54, 1.807) is 0 Å². The van der Waals surface area contributed by atoms with Gasteiger partial charge in [-0.25, -0.2) is 4.98 Å². The Morgan fingerprint density at radius 3 is 3.11 bits per heavy atom. The van der Waals surface area contributed by atoms with Gasteiger partial charge in [0.05, 0.1) is 16.7 Å². The molecule has 0 aliphatic carbocycles. The van der Waals surface area contributed by atoms with E-state index >= 15 is 0 Å². The van der Waals surface area contributed by atoms with E-state index in [-0.39, 0.29) is 0 Å². The van der Waals surface area contributed by atoms with Gasteiger partial charge in [0.2, 0.25) is 5.78 Å². The number of likely N-dealkylation sites (N-methyl/N-ethyl adjacent to an activating group) is 1. The lowest BCUT2D eigenvalue weighted by Gasteiger charge is -1.99. The van der Waals surface area contributed by atoms with Crippen LogP contribution in [0.4, 0.5) is 0 Å². The minimum atomic E-state index is 0.717. The van der Waals surface area contributed by atoms with Crippen LogP contribution in [0.5, 0.6) is 0 Å². The summed E-state index contributed by atoms with van der Waals surface area (Å²) in [5.41, 5.74) is 3.08. The van der Waals surface area contributed by atoms with Crippen molar-refractivity contribution in [3.05, 3.63) is 33.5 Å². The molecule has 0 saturated heterocycles. The van der Waals surface area contributed by atoms with Gasteiger partial charge in [-0.1, -0.05) is 11.6 Å². The maximum Gasteiger partial charge on any atom is 0.213 e. The van der Waals surface area contributed by atoms with Gasteiger partial charge in [-0.05, 0) is 41.2 Å². The zero-order valence-corrected chi connectivity index (χ0v) is 12.1. The van der Waals surface area contributed by atoms with E-state index in [1.165, 1.54) is 0 Å². The Balaban J connectivity index is 2.22. The summed E-state index contributed by atoms with van der Waals surface area (Å²) in [7, 11) is 1.94. The van der Waals surface area contributed by atoms with Crippen LogP contribution in [-0.4, -0.2) is 28.0 Å². The molecule has 3 aromatic rings. The number of aromatic amines is 1. The number of nitrogens with one attached hydrogen (secondary N) is 2. The molecule has 2 N–H and O–H groups in total. The molecule has 2 heterocycles. The third-order valence-electron chi connectivity index (χ3n) is 2.95. The Hall–Kier alpha value is -1.04. The quantitative estimate of drug-likeness (QED) is 0.777. The molecule has 0 aliphatic rings. The SMILES string of the molecule is CNCCc1[nH]c2nc3ccc(Cl)cc3n2c1Br. The van der Waals surface area contributed by atoms with Crippen molar-refractivity contribution in [1.29, 1.82) is 0 Å². The topological polar surface area (TPSA) is 45.1 Å². The molecule has 1 aromatic carbocycles. The van der Waals surface area contributed by atoms with E-state index in [9.17, 15) is 0 Å². The van der Waals surface area contributed by atoms with Gasteiger partial charge >= 0.3 is 0 Å². The second-order valence-corrected chi connectivity index (χ2v) is 5.34. The molecule has 2 aromatic heterocycles. The maximum absolute atomic E-state index is 6.04. The number of rotatable bonds is 3. The Bertz CT molecular complexity index is 716. The van der Waals surface area contributed by atoms with Crippen molar-refractivity contribution in [3.63, 3.8) is 0 Å². The average Bonchev–Trinajstić information content (AvgIpc) is 2.84. The van der Waals surface area contributed by atoms with Crippen molar-refractivity contribution in [3.8, 4) is 0 Å². The first kappa shape index (κ1) is 12.0. The molecule has 0 fully saturated rings. The average molecular weight is 328 g/mol. The van der Waals surface area contributed by atoms with Crippen molar-refractivity contribution < 1.29 is 0 Å². The van der Waals surface area contributed by atoms with Crippen LogP contribution in [0.3, 0.4) is 0 Å². The fourth-order valence-corrected chi connectivity index (χ4v) is 2.89. The third kappa shape index (κ3) is 1.83. The van der Waals surface area contributed by atoms with Gasteiger partial charge in [-0.2, -0.15) is 0 Å². The molecule has 94 valence electrons. The number of aromatic nitrogens is 3. The Kier molecular flexibility index (Phi) is 3.05. The molecule has 0 atom stereocenters. The van der Waals surface area contributed by atoms with Gasteiger partial charge in [0.1, 0.15) is 4.60 Å². The number of hydrogen-bond donors (Lipinski definition) is 2. The van der Waals surface area contributed by atoms with Gasteiger partial charge in [-0.3, -0.25) is 4.40 Å². The van der Waals surface area contributed by atoms with Gasteiger partial charge in [0.25, 0.3) is 0 Å². The smallest absolute Gasteiger partial charge is 0.213 e. The highest BCUT2D eigenvalue weighted by molar-refractivity contribution is 9.10. The van der Waals surface area contributed by atoms with Gasteiger partial charge in [-0.15, -0.1) is 0 Å². The monoisotopic (exact) mass is 326 g/mol. The number of fused-ring (bicyclic) bond motifs is 3. The van der Waals surface area contributed by atoms with Crippen LogP contribution in [0, 0.1) is 0 Å². The predicted octanol–water partition coefficient (Wildman–Crippen LogP) is 2.99. The van der Waals surface area contributed by atoms with Crippen molar-refractivity contribution in [1.82, 2.24) is 19.7 Å². The second kappa shape index (κ2) is 4.57. The minimum absolute atomic E-state index is 0.717. The van der Waals surface area contributed by atoms with Crippen LogP contribution < -0.4 is 5.32 Å². The summed E-state index contributed by atoms with van der Waals surface area (Å²) in [6, 6.07) is 5.71. The molecular formula is C12H12BrClN4. The molecule has 0 aliphatic heterocycles. The molecule has 0 radical (unpaired) electrons. The molecule has 3 rings (SSSR count). The summed E-state index contributed by atoms with van der Waals surface area (Å²) >= 11 is 9.67. The zero-order valence-electron chi connectivity index (χ0n) is 9.80. The predicted molar refractivity (Wildman–Crippen MR) is 77.4 cm³/mol. The number of nitrogens with zero attached hydrogens (tertiary/aromatic N) is 2. The minimum Gasteiger partial charge on any atom is -0.326 e. The second-order valence-electron chi connectivity index (χ2n) is 4.15. The highest BCUT2D eigenvalue weighted by Gasteiger charge is 2.13. The number of H-pyrrole nitrogens is 1. The van der Waals surface area contributed by atoms with E-state index in [0.717, 1.165) is 40.1 Å². The highest BCUT2D eigenvalue weighted by Crippen LogP contribution is 2.26. The van der Waals surface area contributed by atoms with E-state index in [1.807, 2.05) is 29.6 Å². The molecule has 0 amide bonds. The maximum atomic E-state index is 6.04. The summed E-state index contributed by atoms with van der Waals surface area (Å²) in [5.74, 6) is 0.838. The standard InChI is InChI=1S/C12H12BrClN4/c1-15-5-4-9-11(13)18-10-6-7(14)2-3-8(10)16-12(18)17-9/h2-3,6,15H,4-5H2,1H3,(H,16,17). The Morgan fingerprint density at radius 1 is 1.50 bits per heavy atom. The van der Waals surface area contributed by atoms with Crippen LogP contribution in [-0.2, 0) is 6.42 Å². The van der Waals surface area contributed by atoms with Crippen molar-refractivity contribution in [2.24, 2.45) is 0 Å². The zero-order chi connectivity index (χ0) is 12.7. The molecule has 0 spiro atoms. The highest BCUT2D eigenvalue weighted by atomic mass is 79.9. The Labute approximate surface area is 117 Å². The summed E-state index contributed by atoms with van der Waals surface area (Å²) in [6.07, 6.45) is 0.919. The summed E-state index contributed by atoms with van der Waals surface area (Å²) in [6.45, 7) is 0.918. The number of halogens is 2. The van der Waals surface area contributed by atoms with E-state index < -0.39 is 0 Å². The van der Waals surface area contributed by atoms with Crippen LogP contribution in [0.15, 0.2) is 22.8 Å². The molecule has 0 unspecified atom stereocenters. The van der Waals surface area contributed by atoms with Crippen LogP contribution in [0.25, 0.3) is 16.8 Å². The van der Waals surface area contributed by atoms with Crippen LogP contribution >= 0.6 is 27.5 Å². The molecular weight excluding hydrogens is 316 g/mol.